The first-order chi connectivity index (χ1) is 16.5. The zero-order valence-corrected chi connectivity index (χ0v) is 19.2. The highest BCUT2D eigenvalue weighted by Crippen LogP contribution is 2.35. The number of carbonyl (C=O) groups excluding carboxylic acids is 1. The van der Waals surface area contributed by atoms with Crippen LogP contribution >= 0.6 is 11.6 Å². The Morgan fingerprint density at radius 3 is 2.54 bits per heavy atom. The molecule has 3 aromatic carbocycles. The predicted molar refractivity (Wildman–Crippen MR) is 123 cm³/mol. The molecule has 0 amide bonds. The third-order valence-electron chi connectivity index (χ3n) is 5.79. The van der Waals surface area contributed by atoms with Crippen LogP contribution in [0.25, 0.3) is 10.9 Å². The monoisotopic (exact) mass is 521 g/mol. The average molecular weight is 522 g/mol. The van der Waals surface area contributed by atoms with Gasteiger partial charge in [-0.1, -0.05) is 17.7 Å². The number of nitrogens with zero attached hydrogens (tertiary/aromatic N) is 2. The molecule has 0 atom stereocenters. The van der Waals surface area contributed by atoms with Gasteiger partial charge < -0.3 is 0 Å². The van der Waals surface area contributed by atoms with Gasteiger partial charge in [0.25, 0.3) is 21.5 Å². The smallest absolute Gasteiger partial charge is 0.267 e. The van der Waals surface area contributed by atoms with E-state index in [4.69, 9.17) is 11.6 Å². The molecule has 0 saturated carbocycles. The van der Waals surface area contributed by atoms with Crippen LogP contribution in [0.4, 0.5) is 18.9 Å². The van der Waals surface area contributed by atoms with Crippen LogP contribution in [0.1, 0.15) is 21.5 Å². The maximum atomic E-state index is 13.4. The number of rotatable bonds is 3. The van der Waals surface area contributed by atoms with Crippen molar-refractivity contribution in [1.29, 1.82) is 0 Å². The highest BCUT2D eigenvalue weighted by atomic mass is 35.5. The summed E-state index contributed by atoms with van der Waals surface area (Å²) in [6.07, 6.45) is -4.18. The van der Waals surface area contributed by atoms with E-state index in [2.05, 4.69) is 5.10 Å². The van der Waals surface area contributed by atoms with E-state index in [0.29, 0.717) is 23.2 Å². The lowest BCUT2D eigenvalue weighted by atomic mass is 10.1. The van der Waals surface area contributed by atoms with Gasteiger partial charge in [-0.2, -0.15) is 13.2 Å². The van der Waals surface area contributed by atoms with Crippen LogP contribution in [0.15, 0.2) is 70.4 Å². The minimum Gasteiger partial charge on any atom is -0.267 e. The van der Waals surface area contributed by atoms with Crippen LogP contribution in [-0.4, -0.2) is 30.7 Å². The molecule has 0 unspecified atom stereocenters. The Kier molecular flexibility index (Phi) is 5.29. The molecule has 35 heavy (non-hydrogen) atoms. The molecule has 7 nitrogen and oxygen atoms in total. The fraction of sp³-hybridized carbons (Fsp3) is 0.130. The lowest BCUT2D eigenvalue weighted by Crippen LogP contribution is -2.29. The fourth-order valence-electron chi connectivity index (χ4n) is 4.11. The van der Waals surface area contributed by atoms with Gasteiger partial charge in [-0.15, -0.1) is 0 Å². The van der Waals surface area contributed by atoms with Crippen LogP contribution in [0.3, 0.4) is 0 Å². The quantitative estimate of drug-likeness (QED) is 0.431. The number of hydrogen-bond acceptors (Lipinski definition) is 4. The van der Waals surface area contributed by atoms with E-state index < -0.39 is 33.2 Å². The van der Waals surface area contributed by atoms with Crippen molar-refractivity contribution >= 4 is 44.1 Å². The number of aromatic nitrogens is 2. The minimum atomic E-state index is -4.66. The lowest BCUT2D eigenvalue weighted by Gasteiger charge is -2.20. The van der Waals surface area contributed by atoms with Crippen LogP contribution in [-0.2, 0) is 22.6 Å². The molecule has 0 spiro atoms. The normalized spacial score (nSPS) is 13.9. The summed E-state index contributed by atoms with van der Waals surface area (Å²) in [5, 5.41) is 2.41. The average Bonchev–Trinajstić information content (AvgIpc) is 3.39. The summed E-state index contributed by atoms with van der Waals surface area (Å²) in [6.45, 7) is 0.202. The molecule has 0 bridgehead atoms. The number of sulfonamides is 1. The molecule has 0 aliphatic carbocycles. The summed E-state index contributed by atoms with van der Waals surface area (Å²) in [7, 11) is -4.03. The van der Waals surface area contributed by atoms with E-state index in [1.165, 1.54) is 28.6 Å². The highest BCUT2D eigenvalue weighted by molar-refractivity contribution is 7.92. The Labute approximate surface area is 201 Å². The van der Waals surface area contributed by atoms with Gasteiger partial charge in [0.1, 0.15) is 0 Å². The molecular weight excluding hydrogens is 507 g/mol. The standard InChI is InChI=1S/C23H15ClF3N3O4S/c24-16-5-7-19-13(10-16)8-9-29(19)35(33,34)17-3-1-2-14(11-17)22(32)30-20-6-4-15(23(25,26)27)12-18(20)21(31)28-30/h1-7,10-12H,8-9H2,(H,28,31). The number of alkyl halides is 3. The van der Waals surface area contributed by atoms with Gasteiger partial charge in [-0.25, -0.2) is 13.1 Å². The minimum absolute atomic E-state index is 0.0633. The van der Waals surface area contributed by atoms with Crippen LogP contribution in [0.5, 0.6) is 0 Å². The fourth-order valence-corrected chi connectivity index (χ4v) is 5.85. The van der Waals surface area contributed by atoms with Crippen molar-refractivity contribution in [3.8, 4) is 0 Å². The van der Waals surface area contributed by atoms with Gasteiger partial charge in [0, 0.05) is 17.1 Å². The first-order valence-electron chi connectivity index (χ1n) is 10.2. The third-order valence-corrected chi connectivity index (χ3v) is 7.83. The molecule has 5 rings (SSSR count). The van der Waals surface area contributed by atoms with E-state index in [0.717, 1.165) is 22.4 Å². The molecule has 1 aliphatic heterocycles. The predicted octanol–water partition coefficient (Wildman–Crippen LogP) is 4.44. The SMILES string of the molecule is O=C(c1cccc(S(=O)(=O)N2CCc3cc(Cl)ccc32)c1)n1[nH]c(=O)c2cc(C(F)(F)F)ccc21. The Balaban J connectivity index is 1.53. The maximum Gasteiger partial charge on any atom is 0.416 e. The first kappa shape index (κ1) is 23.2. The topological polar surface area (TPSA) is 92.2 Å². The summed E-state index contributed by atoms with van der Waals surface area (Å²) in [5.41, 5.74) is -0.770. The molecular formula is C23H15ClF3N3O4S. The molecule has 180 valence electrons. The van der Waals surface area contributed by atoms with Gasteiger partial charge >= 0.3 is 6.18 Å². The van der Waals surface area contributed by atoms with E-state index in [-0.39, 0.29) is 27.9 Å². The number of fused-ring (bicyclic) bond motifs is 2. The molecule has 0 fully saturated rings. The maximum absolute atomic E-state index is 13.4. The highest BCUT2D eigenvalue weighted by Gasteiger charge is 2.33. The summed E-state index contributed by atoms with van der Waals surface area (Å²) < 4.78 is 67.8. The molecule has 1 aromatic heterocycles. The van der Waals surface area contributed by atoms with E-state index >= 15 is 0 Å². The Hall–Kier alpha value is -3.57. The molecule has 4 aromatic rings. The van der Waals surface area contributed by atoms with Gasteiger partial charge in [0.15, 0.2) is 0 Å². The number of anilines is 1. The van der Waals surface area contributed by atoms with Crippen molar-refractivity contribution in [2.75, 3.05) is 10.8 Å². The second-order valence-corrected chi connectivity index (χ2v) is 10.2. The zero-order valence-electron chi connectivity index (χ0n) is 17.6. The molecule has 2 heterocycles. The number of hydrogen-bond donors (Lipinski definition) is 1. The second kappa shape index (κ2) is 7.99. The van der Waals surface area contributed by atoms with Gasteiger partial charge in [-0.05, 0) is 66.6 Å². The summed E-state index contributed by atoms with van der Waals surface area (Å²) in [6, 6.07) is 12.6. The number of aromatic amines is 1. The van der Waals surface area contributed by atoms with Crippen molar-refractivity contribution in [2.24, 2.45) is 0 Å². The summed E-state index contributed by atoms with van der Waals surface area (Å²) in [4.78, 5) is 25.2. The second-order valence-electron chi connectivity index (χ2n) is 7.94. The number of nitrogens with one attached hydrogen (secondary N) is 1. The van der Waals surface area contributed by atoms with Crippen LogP contribution in [0, 0.1) is 0 Å². The molecule has 0 radical (unpaired) electrons. The number of benzene rings is 3. The Morgan fingerprint density at radius 2 is 1.80 bits per heavy atom. The number of carbonyl (C=O) groups is 1. The largest absolute Gasteiger partial charge is 0.416 e. The molecule has 0 saturated heterocycles. The van der Waals surface area contributed by atoms with Crippen molar-refractivity contribution in [2.45, 2.75) is 17.5 Å². The molecule has 1 aliphatic rings. The van der Waals surface area contributed by atoms with Crippen LogP contribution in [0.2, 0.25) is 5.02 Å². The molecule has 1 N–H and O–H groups in total. The molecule has 12 heteroatoms. The summed E-state index contributed by atoms with van der Waals surface area (Å²) in [5.74, 6) is -0.803. The third kappa shape index (κ3) is 3.90. The van der Waals surface area contributed by atoms with E-state index in [9.17, 15) is 31.2 Å². The Morgan fingerprint density at radius 1 is 1.03 bits per heavy atom. The zero-order chi connectivity index (χ0) is 25.1. The van der Waals surface area contributed by atoms with Crippen molar-refractivity contribution in [1.82, 2.24) is 9.78 Å². The number of halogens is 4. The lowest BCUT2D eigenvalue weighted by molar-refractivity contribution is -0.137. The van der Waals surface area contributed by atoms with Gasteiger partial charge in [0.2, 0.25) is 0 Å². The Bertz CT molecular complexity index is 1680. The van der Waals surface area contributed by atoms with Crippen molar-refractivity contribution < 1.29 is 26.4 Å². The van der Waals surface area contributed by atoms with Crippen molar-refractivity contribution in [3.63, 3.8) is 0 Å². The van der Waals surface area contributed by atoms with Crippen LogP contribution < -0.4 is 9.86 Å². The first-order valence-corrected chi connectivity index (χ1v) is 12.1. The summed E-state index contributed by atoms with van der Waals surface area (Å²) >= 11 is 6.00. The van der Waals surface area contributed by atoms with Crippen molar-refractivity contribution in [3.05, 3.63) is 92.7 Å². The van der Waals surface area contributed by atoms with Gasteiger partial charge in [-0.3, -0.25) is 19.0 Å². The van der Waals surface area contributed by atoms with Gasteiger partial charge in [0.05, 0.1) is 27.0 Å². The van der Waals surface area contributed by atoms with E-state index in [1.807, 2.05) is 0 Å². The van der Waals surface area contributed by atoms with E-state index in [1.54, 1.807) is 18.2 Å². The number of H-pyrrole nitrogens is 1.